The number of rotatable bonds is 4. The first-order chi connectivity index (χ1) is 10.7. The maximum Gasteiger partial charge on any atom is 0.246 e. The first-order valence-electron chi connectivity index (χ1n) is 7.14. The van der Waals surface area contributed by atoms with Gasteiger partial charge in [-0.25, -0.2) is 4.98 Å². The molecule has 0 saturated carbocycles. The quantitative estimate of drug-likeness (QED) is 0.876. The smallest absolute Gasteiger partial charge is 0.246 e. The number of hydrogen-bond donors (Lipinski definition) is 1. The molecule has 2 unspecified atom stereocenters. The Hall–Kier alpha value is -2.47. The number of carbonyl (C=O) groups excluding carboxylic acids is 1. The normalized spacial score (nSPS) is 21.0. The van der Waals surface area contributed by atoms with E-state index in [-0.39, 0.29) is 18.1 Å². The molecule has 3 heterocycles. The fraction of sp³-hybridized carbons (Fsp3) is 0.312. The average molecular weight is 298 g/mol. The molecule has 3 rings (SSSR count). The summed E-state index contributed by atoms with van der Waals surface area (Å²) in [5.74, 6) is 0.650. The third-order valence-corrected chi connectivity index (χ3v) is 3.94. The van der Waals surface area contributed by atoms with Crippen LogP contribution in [0.5, 0.6) is 0 Å². The monoisotopic (exact) mass is 298 g/mol. The topological polar surface area (TPSA) is 71.1 Å². The van der Waals surface area contributed by atoms with Crippen molar-refractivity contribution in [2.75, 3.05) is 13.7 Å². The summed E-state index contributed by atoms with van der Waals surface area (Å²) in [6.07, 6.45) is 7.33. The molecule has 0 aliphatic carbocycles. The Bertz CT molecular complexity index is 668. The highest BCUT2D eigenvalue weighted by molar-refractivity contribution is 5.87. The molecule has 1 aliphatic rings. The molecule has 114 valence electrons. The number of likely N-dealkylation sites (tertiary alicyclic amines) is 1. The minimum Gasteiger partial charge on any atom is -0.380 e. The van der Waals surface area contributed by atoms with E-state index in [4.69, 9.17) is 4.74 Å². The van der Waals surface area contributed by atoms with Crippen molar-refractivity contribution in [1.82, 2.24) is 19.9 Å². The Kier molecular flexibility index (Phi) is 4.02. The van der Waals surface area contributed by atoms with Crippen molar-refractivity contribution >= 4 is 5.91 Å². The lowest BCUT2D eigenvalue weighted by atomic mass is 10.2. The maximum absolute atomic E-state index is 12.0. The largest absolute Gasteiger partial charge is 0.380 e. The highest BCUT2D eigenvalue weighted by atomic mass is 16.5. The van der Waals surface area contributed by atoms with Crippen LogP contribution in [-0.4, -0.2) is 45.5 Å². The lowest BCUT2D eigenvalue weighted by Crippen LogP contribution is -2.30. The van der Waals surface area contributed by atoms with Gasteiger partial charge in [0.15, 0.2) is 0 Å². The van der Waals surface area contributed by atoms with Crippen LogP contribution >= 0.6 is 0 Å². The SMILES string of the molecule is C=CC(=O)N1CC(OC)CC1c1ncc(-c2cccnc2)[nH]1. The summed E-state index contributed by atoms with van der Waals surface area (Å²) in [5.41, 5.74) is 1.85. The molecular formula is C16H18N4O2. The van der Waals surface area contributed by atoms with Gasteiger partial charge in [-0.2, -0.15) is 0 Å². The molecule has 1 fully saturated rings. The van der Waals surface area contributed by atoms with Crippen LogP contribution in [0.2, 0.25) is 0 Å². The molecule has 1 N–H and O–H groups in total. The minimum atomic E-state index is -0.124. The first kappa shape index (κ1) is 14.5. The zero-order valence-electron chi connectivity index (χ0n) is 12.4. The summed E-state index contributed by atoms with van der Waals surface area (Å²) >= 11 is 0. The van der Waals surface area contributed by atoms with Crippen molar-refractivity contribution in [2.45, 2.75) is 18.6 Å². The van der Waals surface area contributed by atoms with Crippen LogP contribution in [0.25, 0.3) is 11.3 Å². The van der Waals surface area contributed by atoms with Gasteiger partial charge in [0.25, 0.3) is 0 Å². The predicted octanol–water partition coefficient (Wildman–Crippen LogP) is 1.95. The second-order valence-corrected chi connectivity index (χ2v) is 5.23. The third kappa shape index (κ3) is 2.65. The Morgan fingerprint density at radius 1 is 1.55 bits per heavy atom. The Labute approximate surface area is 128 Å². The fourth-order valence-corrected chi connectivity index (χ4v) is 2.76. The number of ether oxygens (including phenoxy) is 1. The highest BCUT2D eigenvalue weighted by Gasteiger charge is 2.37. The van der Waals surface area contributed by atoms with E-state index in [1.165, 1.54) is 6.08 Å². The number of H-pyrrole nitrogens is 1. The van der Waals surface area contributed by atoms with Crippen LogP contribution < -0.4 is 0 Å². The third-order valence-electron chi connectivity index (χ3n) is 3.94. The number of pyridine rings is 1. The summed E-state index contributed by atoms with van der Waals surface area (Å²) in [5, 5.41) is 0. The Balaban J connectivity index is 1.88. The number of carbonyl (C=O) groups is 1. The minimum absolute atomic E-state index is 0.0147. The van der Waals surface area contributed by atoms with Crippen LogP contribution in [0.4, 0.5) is 0 Å². The highest BCUT2D eigenvalue weighted by Crippen LogP contribution is 2.32. The second-order valence-electron chi connectivity index (χ2n) is 5.23. The molecule has 0 aromatic carbocycles. The molecule has 0 spiro atoms. The average Bonchev–Trinajstić information content (AvgIpc) is 3.21. The van der Waals surface area contributed by atoms with E-state index < -0.39 is 0 Å². The van der Waals surface area contributed by atoms with Gasteiger partial charge in [0, 0.05) is 38.0 Å². The van der Waals surface area contributed by atoms with E-state index in [2.05, 4.69) is 21.5 Å². The van der Waals surface area contributed by atoms with Crippen LogP contribution in [-0.2, 0) is 9.53 Å². The van der Waals surface area contributed by atoms with Gasteiger partial charge >= 0.3 is 0 Å². The van der Waals surface area contributed by atoms with E-state index >= 15 is 0 Å². The molecule has 1 amide bonds. The van der Waals surface area contributed by atoms with Gasteiger partial charge < -0.3 is 14.6 Å². The Morgan fingerprint density at radius 3 is 3.09 bits per heavy atom. The number of imidazole rings is 1. The summed E-state index contributed by atoms with van der Waals surface area (Å²) in [4.78, 5) is 25.6. The molecule has 1 saturated heterocycles. The van der Waals surface area contributed by atoms with Gasteiger partial charge in [0.2, 0.25) is 5.91 Å². The number of aromatic nitrogens is 3. The second kappa shape index (κ2) is 6.11. The molecule has 2 aromatic heterocycles. The number of methoxy groups -OCH3 is 1. The zero-order valence-corrected chi connectivity index (χ0v) is 12.4. The van der Waals surface area contributed by atoms with Crippen molar-refractivity contribution in [3.05, 3.63) is 49.2 Å². The summed E-state index contributed by atoms with van der Waals surface area (Å²) < 4.78 is 5.40. The molecular weight excluding hydrogens is 280 g/mol. The van der Waals surface area contributed by atoms with Crippen molar-refractivity contribution in [1.29, 1.82) is 0 Å². The number of nitrogens with one attached hydrogen (secondary N) is 1. The molecule has 6 nitrogen and oxygen atoms in total. The van der Waals surface area contributed by atoms with Crippen LogP contribution in [0.3, 0.4) is 0 Å². The summed E-state index contributed by atoms with van der Waals surface area (Å²) in [7, 11) is 1.66. The zero-order chi connectivity index (χ0) is 15.5. The van der Waals surface area contributed by atoms with Gasteiger partial charge in [0.1, 0.15) is 5.82 Å². The molecule has 0 bridgehead atoms. The van der Waals surface area contributed by atoms with Gasteiger partial charge in [-0.3, -0.25) is 9.78 Å². The van der Waals surface area contributed by atoms with Crippen molar-refractivity contribution in [2.24, 2.45) is 0 Å². The standard InChI is InChI=1S/C16H18N4O2/c1-3-15(21)20-10-12(22-2)7-14(20)16-18-9-13(19-16)11-5-4-6-17-8-11/h3-6,8-9,12,14H,1,7,10H2,2H3,(H,18,19). The summed E-state index contributed by atoms with van der Waals surface area (Å²) in [6.45, 7) is 4.12. The summed E-state index contributed by atoms with van der Waals surface area (Å²) in [6, 6.07) is 3.71. The number of nitrogens with zero attached hydrogens (tertiary/aromatic N) is 3. The van der Waals surface area contributed by atoms with Crippen LogP contribution in [0, 0.1) is 0 Å². The van der Waals surface area contributed by atoms with Crippen molar-refractivity contribution < 1.29 is 9.53 Å². The van der Waals surface area contributed by atoms with Gasteiger partial charge in [0.05, 0.1) is 24.0 Å². The number of hydrogen-bond acceptors (Lipinski definition) is 4. The van der Waals surface area contributed by atoms with E-state index in [1.807, 2.05) is 12.1 Å². The lowest BCUT2D eigenvalue weighted by molar-refractivity contribution is -0.127. The number of amides is 1. The van der Waals surface area contributed by atoms with Crippen molar-refractivity contribution in [3.8, 4) is 11.3 Å². The van der Waals surface area contributed by atoms with E-state index in [0.29, 0.717) is 6.54 Å². The lowest BCUT2D eigenvalue weighted by Gasteiger charge is -2.21. The Morgan fingerprint density at radius 2 is 2.41 bits per heavy atom. The first-order valence-corrected chi connectivity index (χ1v) is 7.14. The van der Waals surface area contributed by atoms with E-state index in [9.17, 15) is 4.79 Å². The fourth-order valence-electron chi connectivity index (χ4n) is 2.76. The van der Waals surface area contributed by atoms with Crippen LogP contribution in [0.1, 0.15) is 18.3 Å². The van der Waals surface area contributed by atoms with Gasteiger partial charge in [-0.1, -0.05) is 6.58 Å². The maximum atomic E-state index is 12.0. The van der Waals surface area contributed by atoms with Gasteiger partial charge in [-0.15, -0.1) is 0 Å². The predicted molar refractivity (Wildman–Crippen MR) is 81.9 cm³/mol. The molecule has 1 aliphatic heterocycles. The molecule has 2 aromatic rings. The van der Waals surface area contributed by atoms with E-state index in [0.717, 1.165) is 23.5 Å². The molecule has 2 atom stereocenters. The molecule has 22 heavy (non-hydrogen) atoms. The van der Waals surface area contributed by atoms with Crippen molar-refractivity contribution in [3.63, 3.8) is 0 Å². The van der Waals surface area contributed by atoms with Crippen LogP contribution in [0.15, 0.2) is 43.4 Å². The molecule has 6 heteroatoms. The number of aromatic amines is 1. The van der Waals surface area contributed by atoms with Gasteiger partial charge in [-0.05, 0) is 18.2 Å². The van der Waals surface area contributed by atoms with E-state index in [1.54, 1.807) is 30.6 Å². The molecule has 0 radical (unpaired) electrons.